The van der Waals surface area contributed by atoms with Gasteiger partial charge in [-0.05, 0) is 103 Å². The van der Waals surface area contributed by atoms with Crippen LogP contribution in [0.3, 0.4) is 0 Å². The van der Waals surface area contributed by atoms with Crippen molar-refractivity contribution in [2.24, 2.45) is 0 Å². The van der Waals surface area contributed by atoms with E-state index in [2.05, 4.69) is 223 Å². The van der Waals surface area contributed by atoms with Gasteiger partial charge in [0.05, 0.1) is 16.8 Å². The van der Waals surface area contributed by atoms with Crippen molar-refractivity contribution < 1.29 is 4.42 Å². The lowest BCUT2D eigenvalue weighted by atomic mass is 9.93. The molecule has 58 heavy (non-hydrogen) atoms. The van der Waals surface area contributed by atoms with Crippen LogP contribution in [0, 0.1) is 0 Å². The highest BCUT2D eigenvalue weighted by Crippen LogP contribution is 2.47. The molecule has 11 aromatic rings. The zero-order valence-corrected chi connectivity index (χ0v) is 31.7. The third kappa shape index (κ3) is 5.82. The Morgan fingerprint density at radius 3 is 1.50 bits per heavy atom. The number of rotatable bonds is 7. The summed E-state index contributed by atoms with van der Waals surface area (Å²) in [7, 11) is 0. The van der Waals surface area contributed by atoms with Gasteiger partial charge < -0.3 is 9.32 Å². The van der Waals surface area contributed by atoms with Gasteiger partial charge in [-0.1, -0.05) is 182 Å². The highest BCUT2D eigenvalue weighted by Gasteiger charge is 2.23. The molecule has 272 valence electrons. The lowest BCUT2D eigenvalue weighted by Crippen LogP contribution is -2.11. The summed E-state index contributed by atoms with van der Waals surface area (Å²) in [4.78, 5) is 2.41. The van der Waals surface area contributed by atoms with Crippen LogP contribution in [0.15, 0.2) is 229 Å². The summed E-state index contributed by atoms with van der Waals surface area (Å²) in [6.07, 6.45) is 0. The first-order valence-electron chi connectivity index (χ1n) is 19.8. The standard InChI is InChI=1S/C56H37NO/c1-2-13-42(14-3-1)51-37-44(49-23-11-18-41-16-5-7-20-47(41)49)33-36-52(51)57(53-24-12-26-55-56(53)50-21-8-9-25-54(50)58-55)45-34-31-39(32-35-45)38-27-29-43(30-28-38)48-22-10-17-40-15-4-6-19-46(40)48/h1-37H. The van der Waals surface area contributed by atoms with Gasteiger partial charge in [0.15, 0.2) is 0 Å². The van der Waals surface area contributed by atoms with Gasteiger partial charge in [-0.2, -0.15) is 0 Å². The Morgan fingerprint density at radius 1 is 0.293 bits per heavy atom. The van der Waals surface area contributed by atoms with Crippen molar-refractivity contribution in [3.63, 3.8) is 0 Å². The van der Waals surface area contributed by atoms with Crippen LogP contribution in [0.1, 0.15) is 0 Å². The average Bonchev–Trinajstić information content (AvgIpc) is 3.69. The van der Waals surface area contributed by atoms with Crippen LogP contribution >= 0.6 is 0 Å². The van der Waals surface area contributed by atoms with Gasteiger partial charge in [0.25, 0.3) is 0 Å². The van der Waals surface area contributed by atoms with Crippen LogP contribution in [-0.2, 0) is 0 Å². The number of benzene rings is 10. The van der Waals surface area contributed by atoms with Crippen molar-refractivity contribution in [1.82, 2.24) is 0 Å². The molecule has 0 amide bonds. The molecular weight excluding hydrogens is 703 g/mol. The van der Waals surface area contributed by atoms with E-state index < -0.39 is 0 Å². The number of nitrogens with zero attached hydrogens (tertiary/aromatic N) is 1. The highest BCUT2D eigenvalue weighted by atomic mass is 16.3. The number of para-hydroxylation sites is 1. The molecule has 2 heteroatoms. The lowest BCUT2D eigenvalue weighted by molar-refractivity contribution is 0.669. The average molecular weight is 740 g/mol. The van der Waals surface area contributed by atoms with E-state index in [4.69, 9.17) is 4.42 Å². The lowest BCUT2D eigenvalue weighted by Gasteiger charge is -2.29. The molecule has 0 aliphatic carbocycles. The first-order valence-corrected chi connectivity index (χ1v) is 19.8. The molecule has 0 radical (unpaired) electrons. The SMILES string of the molecule is c1ccc(-c2cc(-c3cccc4ccccc34)ccc2N(c2ccc(-c3ccc(-c4cccc5ccccc45)cc3)cc2)c2cccc3oc4ccccc4c23)cc1. The fourth-order valence-corrected chi connectivity index (χ4v) is 8.70. The summed E-state index contributed by atoms with van der Waals surface area (Å²) >= 11 is 0. The molecule has 0 saturated heterocycles. The van der Waals surface area contributed by atoms with E-state index in [1.807, 2.05) is 6.07 Å². The van der Waals surface area contributed by atoms with Gasteiger partial charge in [0.2, 0.25) is 0 Å². The molecule has 1 aromatic heterocycles. The van der Waals surface area contributed by atoms with Crippen LogP contribution in [0.4, 0.5) is 17.1 Å². The number of furan rings is 1. The van der Waals surface area contributed by atoms with Gasteiger partial charge in [-0.15, -0.1) is 0 Å². The van der Waals surface area contributed by atoms with Crippen LogP contribution in [0.5, 0.6) is 0 Å². The monoisotopic (exact) mass is 739 g/mol. The number of fused-ring (bicyclic) bond motifs is 5. The molecular formula is C56H37NO. The van der Waals surface area contributed by atoms with E-state index in [0.29, 0.717) is 0 Å². The highest BCUT2D eigenvalue weighted by molar-refractivity contribution is 6.14. The minimum atomic E-state index is 0.861. The second kappa shape index (κ2) is 14.1. The first-order chi connectivity index (χ1) is 28.8. The van der Waals surface area contributed by atoms with Crippen LogP contribution < -0.4 is 4.90 Å². The van der Waals surface area contributed by atoms with Crippen LogP contribution in [0.2, 0.25) is 0 Å². The predicted molar refractivity (Wildman–Crippen MR) is 245 cm³/mol. The van der Waals surface area contributed by atoms with Crippen LogP contribution in [0.25, 0.3) is 88.0 Å². The maximum Gasteiger partial charge on any atom is 0.137 e. The van der Waals surface area contributed by atoms with E-state index in [-0.39, 0.29) is 0 Å². The minimum Gasteiger partial charge on any atom is -0.456 e. The Morgan fingerprint density at radius 2 is 0.793 bits per heavy atom. The Labute approximate surface area is 337 Å². The molecule has 0 unspecified atom stereocenters. The quantitative estimate of drug-likeness (QED) is 0.162. The number of anilines is 3. The van der Waals surface area contributed by atoms with Gasteiger partial charge >= 0.3 is 0 Å². The molecule has 0 aliphatic heterocycles. The maximum atomic E-state index is 6.46. The summed E-state index contributed by atoms with van der Waals surface area (Å²) in [5.74, 6) is 0. The molecule has 0 N–H and O–H groups in total. The Kier molecular flexibility index (Phi) is 8.19. The van der Waals surface area contributed by atoms with E-state index in [1.165, 1.54) is 49.4 Å². The normalized spacial score (nSPS) is 11.4. The molecule has 0 spiro atoms. The molecule has 0 atom stereocenters. The summed E-state index contributed by atoms with van der Waals surface area (Å²) in [5.41, 5.74) is 14.4. The van der Waals surface area contributed by atoms with E-state index in [1.54, 1.807) is 0 Å². The van der Waals surface area contributed by atoms with E-state index >= 15 is 0 Å². The Balaban J connectivity index is 1.07. The number of hydrogen-bond donors (Lipinski definition) is 0. The molecule has 0 bridgehead atoms. The second-order valence-electron chi connectivity index (χ2n) is 14.9. The van der Waals surface area contributed by atoms with E-state index in [9.17, 15) is 0 Å². The van der Waals surface area contributed by atoms with Crippen LogP contribution in [-0.4, -0.2) is 0 Å². The van der Waals surface area contributed by atoms with Gasteiger partial charge in [0, 0.05) is 16.6 Å². The second-order valence-corrected chi connectivity index (χ2v) is 14.9. The number of hydrogen-bond acceptors (Lipinski definition) is 2. The van der Waals surface area contributed by atoms with Crippen molar-refractivity contribution in [2.75, 3.05) is 4.90 Å². The third-order valence-corrected chi connectivity index (χ3v) is 11.5. The molecule has 10 aromatic carbocycles. The summed E-state index contributed by atoms with van der Waals surface area (Å²) in [6, 6.07) is 80.7. The van der Waals surface area contributed by atoms with Crippen molar-refractivity contribution >= 4 is 60.5 Å². The fourth-order valence-electron chi connectivity index (χ4n) is 8.70. The first kappa shape index (κ1) is 33.6. The molecule has 0 aliphatic rings. The Hall–Kier alpha value is -7.68. The summed E-state index contributed by atoms with van der Waals surface area (Å²) < 4.78 is 6.46. The van der Waals surface area contributed by atoms with E-state index in [0.717, 1.165) is 55.7 Å². The molecule has 0 saturated carbocycles. The predicted octanol–water partition coefficient (Wildman–Crippen LogP) is 16.0. The van der Waals surface area contributed by atoms with Crippen molar-refractivity contribution in [2.45, 2.75) is 0 Å². The zero-order chi connectivity index (χ0) is 38.4. The van der Waals surface area contributed by atoms with Crippen molar-refractivity contribution in [3.05, 3.63) is 224 Å². The minimum absolute atomic E-state index is 0.861. The molecule has 11 rings (SSSR count). The summed E-state index contributed by atoms with van der Waals surface area (Å²) in [5, 5.41) is 7.17. The van der Waals surface area contributed by atoms with Gasteiger partial charge in [-0.3, -0.25) is 0 Å². The van der Waals surface area contributed by atoms with Crippen molar-refractivity contribution in [1.29, 1.82) is 0 Å². The Bertz CT molecular complexity index is 3260. The third-order valence-electron chi connectivity index (χ3n) is 11.5. The van der Waals surface area contributed by atoms with Gasteiger partial charge in [0.1, 0.15) is 11.2 Å². The smallest absolute Gasteiger partial charge is 0.137 e. The largest absolute Gasteiger partial charge is 0.456 e. The zero-order valence-electron chi connectivity index (χ0n) is 31.7. The van der Waals surface area contributed by atoms with Crippen molar-refractivity contribution in [3.8, 4) is 44.5 Å². The fraction of sp³-hybridized carbons (Fsp3) is 0. The summed E-state index contributed by atoms with van der Waals surface area (Å²) in [6.45, 7) is 0. The molecule has 2 nitrogen and oxygen atoms in total. The molecule has 1 heterocycles. The van der Waals surface area contributed by atoms with Gasteiger partial charge in [-0.25, -0.2) is 0 Å². The maximum absolute atomic E-state index is 6.46. The molecule has 0 fully saturated rings. The topological polar surface area (TPSA) is 16.4 Å².